The van der Waals surface area contributed by atoms with Gasteiger partial charge in [-0.15, -0.1) is 0 Å². The third-order valence-corrected chi connectivity index (χ3v) is 4.08. The van der Waals surface area contributed by atoms with Gasteiger partial charge in [0.25, 0.3) is 0 Å². The molecule has 0 aliphatic heterocycles. The SMILES string of the molecule is CN(C)S(=O)c1ccc(Cl)c2ccccc12. The molecule has 0 saturated carbocycles. The van der Waals surface area contributed by atoms with Gasteiger partial charge >= 0.3 is 0 Å². The van der Waals surface area contributed by atoms with E-state index in [-0.39, 0.29) is 0 Å². The van der Waals surface area contributed by atoms with Crippen molar-refractivity contribution in [3.63, 3.8) is 0 Å². The first-order valence-electron chi connectivity index (χ1n) is 4.87. The van der Waals surface area contributed by atoms with Crippen molar-refractivity contribution in [2.24, 2.45) is 0 Å². The van der Waals surface area contributed by atoms with Crippen LogP contribution in [0.5, 0.6) is 0 Å². The molecule has 4 heteroatoms. The molecule has 0 aliphatic carbocycles. The second-order valence-corrected chi connectivity index (χ2v) is 5.73. The predicted molar refractivity (Wildman–Crippen MR) is 69.1 cm³/mol. The Labute approximate surface area is 102 Å². The quantitative estimate of drug-likeness (QED) is 0.806. The predicted octanol–water partition coefficient (Wildman–Crippen LogP) is 3.08. The first-order valence-corrected chi connectivity index (χ1v) is 6.36. The maximum absolute atomic E-state index is 12.1. The molecule has 0 radical (unpaired) electrons. The minimum atomic E-state index is -1.14. The molecule has 0 aromatic heterocycles. The Morgan fingerprint density at radius 3 is 2.31 bits per heavy atom. The van der Waals surface area contributed by atoms with Crippen molar-refractivity contribution in [3.05, 3.63) is 41.4 Å². The number of hydrogen-bond donors (Lipinski definition) is 0. The number of halogens is 1. The average Bonchev–Trinajstić information content (AvgIpc) is 2.29. The normalized spacial score (nSPS) is 13.2. The molecule has 2 rings (SSSR count). The fourth-order valence-electron chi connectivity index (χ4n) is 1.58. The summed E-state index contributed by atoms with van der Waals surface area (Å²) in [5.41, 5.74) is 0. The van der Waals surface area contributed by atoms with Gasteiger partial charge in [-0.3, -0.25) is 0 Å². The molecular formula is C12H12ClNOS. The van der Waals surface area contributed by atoms with Crippen LogP contribution in [0.4, 0.5) is 0 Å². The molecule has 0 aliphatic rings. The lowest BCUT2D eigenvalue weighted by molar-refractivity contribution is 0.603. The Morgan fingerprint density at radius 1 is 1.06 bits per heavy atom. The van der Waals surface area contributed by atoms with Crippen molar-refractivity contribution < 1.29 is 4.21 Å². The maximum Gasteiger partial charge on any atom is 0.127 e. The molecule has 84 valence electrons. The van der Waals surface area contributed by atoms with E-state index in [1.54, 1.807) is 24.5 Å². The second kappa shape index (κ2) is 4.53. The Hall–Kier alpha value is -0.900. The molecule has 1 unspecified atom stereocenters. The van der Waals surface area contributed by atoms with Crippen LogP contribution in [0.2, 0.25) is 5.02 Å². The summed E-state index contributed by atoms with van der Waals surface area (Å²) in [6.45, 7) is 0. The van der Waals surface area contributed by atoms with Crippen molar-refractivity contribution in [2.45, 2.75) is 4.90 Å². The summed E-state index contributed by atoms with van der Waals surface area (Å²) in [4.78, 5) is 0.796. The average molecular weight is 254 g/mol. The van der Waals surface area contributed by atoms with E-state index >= 15 is 0 Å². The summed E-state index contributed by atoms with van der Waals surface area (Å²) in [7, 11) is 2.44. The lowest BCUT2D eigenvalue weighted by Crippen LogP contribution is -2.15. The summed E-state index contributed by atoms with van der Waals surface area (Å²) in [5.74, 6) is 0. The molecule has 0 saturated heterocycles. The molecule has 2 nitrogen and oxygen atoms in total. The smallest absolute Gasteiger partial charge is 0.127 e. The van der Waals surface area contributed by atoms with E-state index in [0.717, 1.165) is 15.7 Å². The fourth-order valence-corrected chi connectivity index (χ4v) is 2.76. The van der Waals surface area contributed by atoms with Crippen LogP contribution in [0.1, 0.15) is 0 Å². The molecule has 0 spiro atoms. The van der Waals surface area contributed by atoms with Gasteiger partial charge in [0.1, 0.15) is 11.0 Å². The lowest BCUT2D eigenvalue weighted by atomic mass is 10.1. The minimum Gasteiger partial charge on any atom is -0.237 e. The van der Waals surface area contributed by atoms with Crippen LogP contribution >= 0.6 is 11.6 Å². The first kappa shape index (κ1) is 11.6. The lowest BCUT2D eigenvalue weighted by Gasteiger charge is -2.12. The number of benzene rings is 2. The highest BCUT2D eigenvalue weighted by Crippen LogP contribution is 2.28. The number of fused-ring (bicyclic) bond motifs is 1. The van der Waals surface area contributed by atoms with Gasteiger partial charge in [0.05, 0.1) is 4.90 Å². The van der Waals surface area contributed by atoms with Crippen LogP contribution in [0.15, 0.2) is 41.3 Å². The van der Waals surface area contributed by atoms with Gasteiger partial charge in [-0.05, 0) is 26.2 Å². The van der Waals surface area contributed by atoms with Crippen LogP contribution in [-0.4, -0.2) is 22.6 Å². The van der Waals surface area contributed by atoms with Crippen LogP contribution in [0.25, 0.3) is 10.8 Å². The van der Waals surface area contributed by atoms with E-state index in [4.69, 9.17) is 11.6 Å². The van der Waals surface area contributed by atoms with Gasteiger partial charge in [0, 0.05) is 15.8 Å². The van der Waals surface area contributed by atoms with Crippen molar-refractivity contribution >= 4 is 33.4 Å². The summed E-state index contributed by atoms with van der Waals surface area (Å²) in [6, 6.07) is 11.3. The first-order chi connectivity index (χ1) is 7.61. The zero-order chi connectivity index (χ0) is 11.7. The van der Waals surface area contributed by atoms with Gasteiger partial charge in [-0.25, -0.2) is 8.51 Å². The molecule has 0 amide bonds. The van der Waals surface area contributed by atoms with E-state index in [9.17, 15) is 4.21 Å². The van der Waals surface area contributed by atoms with Gasteiger partial charge in [-0.2, -0.15) is 0 Å². The molecule has 2 aromatic carbocycles. The zero-order valence-corrected chi connectivity index (χ0v) is 10.7. The molecular weight excluding hydrogens is 242 g/mol. The van der Waals surface area contributed by atoms with Gasteiger partial charge < -0.3 is 0 Å². The highest BCUT2D eigenvalue weighted by Gasteiger charge is 2.11. The highest BCUT2D eigenvalue weighted by atomic mass is 35.5. The maximum atomic E-state index is 12.1. The second-order valence-electron chi connectivity index (χ2n) is 3.65. The van der Waals surface area contributed by atoms with Gasteiger partial charge in [0.15, 0.2) is 0 Å². The van der Waals surface area contributed by atoms with E-state index in [1.165, 1.54) is 0 Å². The number of hydrogen-bond acceptors (Lipinski definition) is 1. The third-order valence-electron chi connectivity index (χ3n) is 2.35. The zero-order valence-electron chi connectivity index (χ0n) is 9.11. The summed E-state index contributed by atoms with van der Waals surface area (Å²) in [6.07, 6.45) is 0. The molecule has 0 heterocycles. The largest absolute Gasteiger partial charge is 0.237 e. The van der Waals surface area contributed by atoms with E-state index in [1.807, 2.05) is 30.3 Å². The van der Waals surface area contributed by atoms with E-state index in [2.05, 4.69) is 0 Å². The highest BCUT2D eigenvalue weighted by molar-refractivity contribution is 7.82. The van der Waals surface area contributed by atoms with Crippen molar-refractivity contribution in [1.82, 2.24) is 4.31 Å². The van der Waals surface area contributed by atoms with Gasteiger partial charge in [-0.1, -0.05) is 35.9 Å². The topological polar surface area (TPSA) is 20.3 Å². The summed E-state index contributed by atoms with van der Waals surface area (Å²) >= 11 is 6.10. The van der Waals surface area contributed by atoms with Crippen LogP contribution in [0, 0.1) is 0 Å². The summed E-state index contributed by atoms with van der Waals surface area (Å²) in [5, 5.41) is 2.58. The molecule has 2 aromatic rings. The van der Waals surface area contributed by atoms with Crippen LogP contribution < -0.4 is 0 Å². The minimum absolute atomic E-state index is 0.690. The Balaban J connectivity index is 2.72. The fraction of sp³-hybridized carbons (Fsp3) is 0.167. The Bertz CT molecular complexity index is 554. The van der Waals surface area contributed by atoms with Crippen LogP contribution in [0.3, 0.4) is 0 Å². The van der Waals surface area contributed by atoms with E-state index in [0.29, 0.717) is 5.02 Å². The molecule has 1 atom stereocenters. The Morgan fingerprint density at radius 2 is 1.69 bits per heavy atom. The molecule has 0 bridgehead atoms. The number of nitrogens with zero attached hydrogens (tertiary/aromatic N) is 1. The standard InChI is InChI=1S/C12H12ClNOS/c1-14(2)16(15)12-8-7-11(13)9-5-3-4-6-10(9)12/h3-8H,1-2H3. The monoisotopic (exact) mass is 253 g/mol. The Kier molecular flexibility index (Phi) is 3.28. The summed E-state index contributed by atoms with van der Waals surface area (Å²) < 4.78 is 13.7. The van der Waals surface area contributed by atoms with Crippen molar-refractivity contribution in [1.29, 1.82) is 0 Å². The van der Waals surface area contributed by atoms with E-state index < -0.39 is 11.0 Å². The van der Waals surface area contributed by atoms with Crippen molar-refractivity contribution in [3.8, 4) is 0 Å². The molecule has 0 N–H and O–H groups in total. The molecule has 16 heavy (non-hydrogen) atoms. The third kappa shape index (κ3) is 1.98. The van der Waals surface area contributed by atoms with Crippen molar-refractivity contribution in [2.75, 3.05) is 14.1 Å². The van der Waals surface area contributed by atoms with Crippen LogP contribution in [-0.2, 0) is 11.0 Å². The van der Waals surface area contributed by atoms with Gasteiger partial charge in [0.2, 0.25) is 0 Å². The molecule has 0 fully saturated rings. The number of rotatable bonds is 2.